The Bertz CT molecular complexity index is 821. The molecule has 0 aliphatic carbocycles. The summed E-state index contributed by atoms with van der Waals surface area (Å²) in [5, 5.41) is 0. The van der Waals surface area contributed by atoms with Gasteiger partial charge in [-0.3, -0.25) is 9.59 Å². The molecule has 158 valence electrons. The van der Waals surface area contributed by atoms with Crippen molar-refractivity contribution in [2.45, 2.75) is 45.8 Å². The molecular formula is C22H29NO6. The fourth-order valence-corrected chi connectivity index (χ4v) is 2.60. The molecule has 2 rings (SSSR count). The summed E-state index contributed by atoms with van der Waals surface area (Å²) in [7, 11) is 3.25. The average molecular weight is 403 g/mol. The first-order chi connectivity index (χ1) is 13.7. The third-order valence-electron chi connectivity index (χ3n) is 3.95. The molecule has 0 unspecified atom stereocenters. The molecule has 1 heterocycles. The van der Waals surface area contributed by atoms with Crippen molar-refractivity contribution < 1.29 is 28.2 Å². The molecule has 0 aliphatic heterocycles. The molecular weight excluding hydrogens is 374 g/mol. The molecule has 0 radical (unpaired) electrons. The van der Waals surface area contributed by atoms with Crippen LogP contribution in [0.2, 0.25) is 0 Å². The zero-order valence-corrected chi connectivity index (χ0v) is 17.7. The monoisotopic (exact) mass is 403 g/mol. The number of carbonyl (C=O) groups is 2. The van der Waals surface area contributed by atoms with Gasteiger partial charge in [-0.2, -0.15) is 0 Å². The number of furan rings is 1. The van der Waals surface area contributed by atoms with Crippen LogP contribution in [0.4, 0.5) is 0 Å². The van der Waals surface area contributed by atoms with Gasteiger partial charge >= 0.3 is 5.97 Å². The van der Waals surface area contributed by atoms with Crippen molar-refractivity contribution in [3.63, 3.8) is 0 Å². The second kappa shape index (κ2) is 10.0. The molecule has 0 spiro atoms. The highest BCUT2D eigenvalue weighted by Gasteiger charge is 2.19. The van der Waals surface area contributed by atoms with Crippen LogP contribution in [-0.4, -0.2) is 43.1 Å². The van der Waals surface area contributed by atoms with Gasteiger partial charge in [0.05, 0.1) is 7.11 Å². The molecule has 2 aromatic rings. The minimum Gasteiger partial charge on any atom is -0.493 e. The minimum absolute atomic E-state index is 0.177. The molecule has 1 aromatic heterocycles. The summed E-state index contributed by atoms with van der Waals surface area (Å²) in [5.41, 5.74) is -0.505. The van der Waals surface area contributed by atoms with Crippen molar-refractivity contribution in [1.82, 2.24) is 4.90 Å². The lowest BCUT2D eigenvalue weighted by Crippen LogP contribution is -2.29. The Morgan fingerprint density at radius 2 is 1.76 bits per heavy atom. The molecule has 0 bridgehead atoms. The van der Waals surface area contributed by atoms with E-state index in [0.29, 0.717) is 30.2 Å². The molecule has 0 saturated heterocycles. The SMILES string of the molecule is COc1ccccc1OCc1ccc(C(=O)N(C)CCCC(=O)OC(C)(C)C)o1. The summed E-state index contributed by atoms with van der Waals surface area (Å²) in [4.78, 5) is 25.8. The Morgan fingerprint density at radius 3 is 2.41 bits per heavy atom. The van der Waals surface area contributed by atoms with Gasteiger partial charge in [0, 0.05) is 20.0 Å². The summed E-state index contributed by atoms with van der Waals surface area (Å²) in [6, 6.07) is 10.6. The van der Waals surface area contributed by atoms with E-state index < -0.39 is 5.60 Å². The topological polar surface area (TPSA) is 78.2 Å². The number of amides is 1. The van der Waals surface area contributed by atoms with Crippen LogP contribution in [0.1, 0.15) is 49.9 Å². The Kier molecular flexibility index (Phi) is 7.70. The van der Waals surface area contributed by atoms with Crippen molar-refractivity contribution in [3.05, 3.63) is 47.9 Å². The first kappa shape index (κ1) is 22.3. The maximum Gasteiger partial charge on any atom is 0.306 e. The number of benzene rings is 1. The Labute approximate surface area is 171 Å². The maximum absolute atomic E-state index is 12.5. The fraction of sp³-hybridized carbons (Fsp3) is 0.455. The van der Waals surface area contributed by atoms with Gasteiger partial charge < -0.3 is 23.5 Å². The first-order valence-corrected chi connectivity index (χ1v) is 9.51. The molecule has 0 aliphatic rings. The molecule has 1 amide bonds. The minimum atomic E-state index is -0.505. The summed E-state index contributed by atoms with van der Waals surface area (Å²) in [6.45, 7) is 6.08. The lowest BCUT2D eigenvalue weighted by molar-refractivity contribution is -0.154. The number of carbonyl (C=O) groups excluding carboxylic acids is 2. The maximum atomic E-state index is 12.5. The quantitative estimate of drug-likeness (QED) is 0.588. The van der Waals surface area contributed by atoms with Gasteiger partial charge in [-0.25, -0.2) is 0 Å². The number of esters is 1. The van der Waals surface area contributed by atoms with Crippen LogP contribution in [0.15, 0.2) is 40.8 Å². The van der Waals surface area contributed by atoms with E-state index in [1.807, 2.05) is 32.9 Å². The zero-order valence-electron chi connectivity index (χ0n) is 17.7. The van der Waals surface area contributed by atoms with Gasteiger partial charge in [0.1, 0.15) is 18.0 Å². The molecule has 1 aromatic carbocycles. The molecule has 0 atom stereocenters. The van der Waals surface area contributed by atoms with Crippen LogP contribution >= 0.6 is 0 Å². The van der Waals surface area contributed by atoms with Crippen molar-refractivity contribution >= 4 is 11.9 Å². The van der Waals surface area contributed by atoms with E-state index in [2.05, 4.69) is 0 Å². The summed E-state index contributed by atoms with van der Waals surface area (Å²) in [6.07, 6.45) is 0.771. The fourth-order valence-electron chi connectivity index (χ4n) is 2.60. The van der Waals surface area contributed by atoms with E-state index in [-0.39, 0.29) is 30.7 Å². The number of ether oxygens (including phenoxy) is 3. The van der Waals surface area contributed by atoms with E-state index in [1.165, 1.54) is 4.90 Å². The normalized spacial score (nSPS) is 11.1. The number of methoxy groups -OCH3 is 1. The van der Waals surface area contributed by atoms with E-state index in [1.54, 1.807) is 38.4 Å². The van der Waals surface area contributed by atoms with Gasteiger partial charge in [0.15, 0.2) is 17.3 Å². The molecule has 7 heteroatoms. The van der Waals surface area contributed by atoms with Crippen LogP contribution < -0.4 is 9.47 Å². The van der Waals surface area contributed by atoms with Crippen LogP contribution in [-0.2, 0) is 16.1 Å². The third-order valence-corrected chi connectivity index (χ3v) is 3.95. The van der Waals surface area contributed by atoms with Crippen LogP contribution in [0.25, 0.3) is 0 Å². The van der Waals surface area contributed by atoms with Gasteiger partial charge in [0.25, 0.3) is 5.91 Å². The molecule has 7 nitrogen and oxygen atoms in total. The highest BCUT2D eigenvalue weighted by molar-refractivity contribution is 5.91. The lowest BCUT2D eigenvalue weighted by Gasteiger charge is -2.20. The number of hydrogen-bond donors (Lipinski definition) is 0. The van der Waals surface area contributed by atoms with Gasteiger partial charge in [-0.05, 0) is 51.5 Å². The average Bonchev–Trinajstić information content (AvgIpc) is 3.13. The second-order valence-corrected chi connectivity index (χ2v) is 7.62. The largest absolute Gasteiger partial charge is 0.493 e. The van der Waals surface area contributed by atoms with Crippen molar-refractivity contribution in [1.29, 1.82) is 0 Å². The Morgan fingerprint density at radius 1 is 1.07 bits per heavy atom. The van der Waals surface area contributed by atoms with E-state index in [0.717, 1.165) is 0 Å². The molecule has 29 heavy (non-hydrogen) atoms. The van der Waals surface area contributed by atoms with Crippen LogP contribution in [0.5, 0.6) is 11.5 Å². The summed E-state index contributed by atoms with van der Waals surface area (Å²) in [5.74, 6) is 1.45. The van der Waals surface area contributed by atoms with Gasteiger partial charge in [-0.15, -0.1) is 0 Å². The predicted octanol–water partition coefficient (Wildman–Crippen LogP) is 4.06. The number of hydrogen-bond acceptors (Lipinski definition) is 6. The molecule has 0 fully saturated rings. The smallest absolute Gasteiger partial charge is 0.306 e. The predicted molar refractivity (Wildman–Crippen MR) is 108 cm³/mol. The Balaban J connectivity index is 1.82. The second-order valence-electron chi connectivity index (χ2n) is 7.62. The number of nitrogens with zero attached hydrogens (tertiary/aromatic N) is 1. The summed E-state index contributed by atoms with van der Waals surface area (Å²) >= 11 is 0. The lowest BCUT2D eigenvalue weighted by atomic mass is 10.2. The standard InChI is InChI=1S/C22H29NO6/c1-22(2,3)29-20(24)11-8-14-23(4)21(25)19-13-12-16(28-19)15-27-18-10-7-6-9-17(18)26-5/h6-7,9-10,12-13H,8,11,14-15H2,1-5H3. The van der Waals surface area contributed by atoms with E-state index in [4.69, 9.17) is 18.6 Å². The molecule has 0 saturated carbocycles. The highest BCUT2D eigenvalue weighted by Crippen LogP contribution is 2.27. The Hall–Kier alpha value is -2.96. The van der Waals surface area contributed by atoms with Crippen LogP contribution in [0, 0.1) is 0 Å². The van der Waals surface area contributed by atoms with Crippen molar-refractivity contribution in [3.8, 4) is 11.5 Å². The van der Waals surface area contributed by atoms with Crippen molar-refractivity contribution in [2.24, 2.45) is 0 Å². The van der Waals surface area contributed by atoms with Gasteiger partial charge in [0.2, 0.25) is 0 Å². The van der Waals surface area contributed by atoms with Gasteiger partial charge in [-0.1, -0.05) is 12.1 Å². The number of rotatable bonds is 9. The highest BCUT2D eigenvalue weighted by atomic mass is 16.6. The molecule has 0 N–H and O–H groups in total. The third kappa shape index (κ3) is 7.18. The summed E-state index contributed by atoms with van der Waals surface area (Å²) < 4.78 is 21.8. The zero-order chi connectivity index (χ0) is 21.4. The number of para-hydroxylation sites is 2. The van der Waals surface area contributed by atoms with E-state index >= 15 is 0 Å². The first-order valence-electron chi connectivity index (χ1n) is 9.51. The van der Waals surface area contributed by atoms with E-state index in [9.17, 15) is 9.59 Å². The van der Waals surface area contributed by atoms with Crippen LogP contribution in [0.3, 0.4) is 0 Å². The van der Waals surface area contributed by atoms with Crippen molar-refractivity contribution in [2.75, 3.05) is 20.7 Å².